The summed E-state index contributed by atoms with van der Waals surface area (Å²) in [5, 5.41) is 6.00. The summed E-state index contributed by atoms with van der Waals surface area (Å²) in [5.74, 6) is -0.574. The lowest BCUT2D eigenvalue weighted by Gasteiger charge is -2.31. The number of aryl methyl sites for hydroxylation is 1. The van der Waals surface area contributed by atoms with Crippen molar-refractivity contribution in [3.63, 3.8) is 0 Å². The van der Waals surface area contributed by atoms with Crippen LogP contribution in [0.3, 0.4) is 0 Å². The van der Waals surface area contributed by atoms with Crippen LogP contribution in [0.25, 0.3) is 0 Å². The second-order valence-electron chi connectivity index (χ2n) is 11.2. The number of carbonyl (C=O) groups excluding carboxylic acids is 3. The predicted octanol–water partition coefficient (Wildman–Crippen LogP) is 5.31. The fourth-order valence-electron chi connectivity index (χ4n) is 4.78. The van der Waals surface area contributed by atoms with Crippen LogP contribution in [-0.2, 0) is 10.2 Å². The molecule has 0 saturated heterocycles. The van der Waals surface area contributed by atoms with Crippen molar-refractivity contribution in [2.45, 2.75) is 45.6 Å². The van der Waals surface area contributed by atoms with Crippen molar-refractivity contribution < 1.29 is 14.4 Å². The molecule has 1 unspecified atom stereocenters. The van der Waals surface area contributed by atoms with Gasteiger partial charge in [-0.2, -0.15) is 0 Å². The van der Waals surface area contributed by atoms with Gasteiger partial charge in [-0.15, -0.1) is 0 Å². The minimum Gasteiger partial charge on any atom is -0.340 e. The van der Waals surface area contributed by atoms with Gasteiger partial charge in [-0.3, -0.25) is 19.3 Å². The second-order valence-corrected chi connectivity index (χ2v) is 11.2. The monoisotopic (exact) mass is 526 g/mol. The van der Waals surface area contributed by atoms with Crippen LogP contribution in [-0.4, -0.2) is 49.8 Å². The van der Waals surface area contributed by atoms with E-state index in [0.29, 0.717) is 35.6 Å². The smallest absolute Gasteiger partial charge is 0.258 e. The van der Waals surface area contributed by atoms with Gasteiger partial charge in [-0.25, -0.2) is 0 Å². The average molecular weight is 527 g/mol. The van der Waals surface area contributed by atoms with E-state index >= 15 is 0 Å². The molecule has 3 aromatic carbocycles. The lowest BCUT2D eigenvalue weighted by Crippen LogP contribution is -2.35. The summed E-state index contributed by atoms with van der Waals surface area (Å²) in [6.45, 7) is 9.62. The normalized spacial score (nSPS) is 15.3. The zero-order chi connectivity index (χ0) is 28.3. The average Bonchev–Trinajstić information content (AvgIpc) is 3.06. The van der Waals surface area contributed by atoms with Crippen molar-refractivity contribution in [2.75, 3.05) is 37.4 Å². The minimum absolute atomic E-state index is 0.0408. The van der Waals surface area contributed by atoms with Gasteiger partial charge in [0, 0.05) is 31.3 Å². The quantitative estimate of drug-likeness (QED) is 0.456. The zero-order valence-corrected chi connectivity index (χ0v) is 23.7. The Morgan fingerprint density at radius 3 is 2.26 bits per heavy atom. The van der Waals surface area contributed by atoms with E-state index in [9.17, 15) is 14.4 Å². The topological polar surface area (TPSA) is 81.8 Å². The van der Waals surface area contributed by atoms with Crippen LogP contribution < -0.4 is 15.5 Å². The molecular weight excluding hydrogens is 488 g/mol. The number of rotatable bonds is 6. The van der Waals surface area contributed by atoms with Crippen molar-refractivity contribution >= 4 is 29.1 Å². The first-order valence-electron chi connectivity index (χ1n) is 13.3. The summed E-state index contributed by atoms with van der Waals surface area (Å²) >= 11 is 0. The molecule has 0 radical (unpaired) electrons. The number of hydrogen-bond acceptors (Lipinski definition) is 4. The van der Waals surface area contributed by atoms with E-state index < -0.39 is 6.04 Å². The van der Waals surface area contributed by atoms with Gasteiger partial charge in [0.15, 0.2) is 0 Å². The van der Waals surface area contributed by atoms with Crippen LogP contribution in [0.4, 0.5) is 11.4 Å². The fourth-order valence-corrected chi connectivity index (χ4v) is 4.78. The number of nitrogens with one attached hydrogen (secondary N) is 2. The van der Waals surface area contributed by atoms with Gasteiger partial charge in [0.2, 0.25) is 5.91 Å². The number of hydrogen-bond donors (Lipinski definition) is 2. The van der Waals surface area contributed by atoms with E-state index in [1.807, 2.05) is 62.5 Å². The van der Waals surface area contributed by atoms with E-state index in [2.05, 4.69) is 31.4 Å². The summed E-state index contributed by atoms with van der Waals surface area (Å²) in [7, 11) is 3.58. The molecule has 0 bridgehead atoms. The summed E-state index contributed by atoms with van der Waals surface area (Å²) < 4.78 is 0. The molecule has 1 heterocycles. The number of carbonyl (C=O) groups is 3. The van der Waals surface area contributed by atoms with Crippen LogP contribution in [0, 0.1) is 6.92 Å². The van der Waals surface area contributed by atoms with Gasteiger partial charge < -0.3 is 15.5 Å². The lowest BCUT2D eigenvalue weighted by molar-refractivity contribution is -0.116. The SMILES string of the molecule is CNCCN(C)C(=O)c1ccc2c(c1)NC(=O)CC(c1ccc(C)cc1)N2C(=O)c1ccc(C(C)(C)C)cc1. The molecule has 1 aliphatic heterocycles. The number of anilines is 2. The Kier molecular flexibility index (Phi) is 8.21. The maximum absolute atomic E-state index is 14.2. The Morgan fingerprint density at radius 1 is 1.00 bits per heavy atom. The minimum atomic E-state index is -0.513. The number of nitrogens with zero attached hydrogens (tertiary/aromatic N) is 2. The van der Waals surface area contributed by atoms with Gasteiger partial charge in [0.25, 0.3) is 11.8 Å². The summed E-state index contributed by atoms with van der Waals surface area (Å²) in [4.78, 5) is 43.7. The van der Waals surface area contributed by atoms with Gasteiger partial charge in [0.05, 0.1) is 23.8 Å². The molecule has 0 spiro atoms. The van der Waals surface area contributed by atoms with Crippen molar-refractivity contribution in [1.82, 2.24) is 10.2 Å². The first kappa shape index (κ1) is 28.0. The molecule has 1 atom stereocenters. The number of likely N-dealkylation sites (N-methyl/N-ethyl adjacent to an activating group) is 2. The molecule has 204 valence electrons. The summed E-state index contributed by atoms with van der Waals surface area (Å²) in [6.07, 6.45) is 0.0922. The van der Waals surface area contributed by atoms with Gasteiger partial charge in [0.1, 0.15) is 0 Å². The third-order valence-electron chi connectivity index (χ3n) is 7.19. The highest BCUT2D eigenvalue weighted by Gasteiger charge is 2.35. The predicted molar refractivity (Wildman–Crippen MR) is 156 cm³/mol. The highest BCUT2D eigenvalue weighted by Crippen LogP contribution is 2.40. The van der Waals surface area contributed by atoms with Gasteiger partial charge >= 0.3 is 0 Å². The molecule has 7 nitrogen and oxygen atoms in total. The molecule has 3 aromatic rings. The van der Waals surface area contributed by atoms with Gasteiger partial charge in [-0.05, 0) is 60.8 Å². The molecule has 0 aromatic heterocycles. The molecule has 2 N–H and O–H groups in total. The zero-order valence-electron chi connectivity index (χ0n) is 23.7. The molecule has 4 rings (SSSR count). The lowest BCUT2D eigenvalue weighted by atomic mass is 9.86. The Labute approximate surface area is 231 Å². The maximum Gasteiger partial charge on any atom is 0.258 e. The molecule has 0 saturated carbocycles. The Morgan fingerprint density at radius 2 is 1.64 bits per heavy atom. The van der Waals surface area contributed by atoms with E-state index in [-0.39, 0.29) is 29.6 Å². The first-order valence-corrected chi connectivity index (χ1v) is 13.3. The Hall–Kier alpha value is -3.97. The highest BCUT2D eigenvalue weighted by molar-refractivity contribution is 6.12. The first-order chi connectivity index (χ1) is 18.5. The maximum atomic E-state index is 14.2. The molecular formula is C32H38N4O3. The molecule has 0 fully saturated rings. The highest BCUT2D eigenvalue weighted by atomic mass is 16.2. The van der Waals surface area contributed by atoms with Crippen molar-refractivity contribution in [3.05, 3.63) is 94.5 Å². The summed E-state index contributed by atoms with van der Waals surface area (Å²) in [6, 6.07) is 20.2. The number of fused-ring (bicyclic) bond motifs is 1. The third-order valence-corrected chi connectivity index (χ3v) is 7.19. The van der Waals surface area contributed by atoms with Crippen LogP contribution in [0.2, 0.25) is 0 Å². The second kappa shape index (κ2) is 11.4. The van der Waals surface area contributed by atoms with Crippen LogP contribution in [0.15, 0.2) is 66.7 Å². The summed E-state index contributed by atoms with van der Waals surface area (Å²) in [5.41, 5.74) is 5.05. The van der Waals surface area contributed by atoms with Crippen molar-refractivity contribution in [3.8, 4) is 0 Å². The van der Waals surface area contributed by atoms with E-state index in [0.717, 1.165) is 16.7 Å². The van der Waals surface area contributed by atoms with E-state index in [4.69, 9.17) is 0 Å². The Bertz CT molecular complexity index is 1360. The van der Waals surface area contributed by atoms with E-state index in [1.165, 1.54) is 0 Å². The van der Waals surface area contributed by atoms with Crippen LogP contribution >= 0.6 is 0 Å². The fraction of sp³-hybridized carbons (Fsp3) is 0.344. The number of benzene rings is 3. The molecule has 3 amide bonds. The van der Waals surface area contributed by atoms with Crippen molar-refractivity contribution in [1.29, 1.82) is 0 Å². The molecule has 0 aliphatic carbocycles. The van der Waals surface area contributed by atoms with Crippen LogP contribution in [0.5, 0.6) is 0 Å². The van der Waals surface area contributed by atoms with Gasteiger partial charge in [-0.1, -0.05) is 62.7 Å². The van der Waals surface area contributed by atoms with E-state index in [1.54, 1.807) is 35.0 Å². The molecule has 39 heavy (non-hydrogen) atoms. The Balaban J connectivity index is 1.80. The van der Waals surface area contributed by atoms with Crippen LogP contribution in [0.1, 0.15) is 70.6 Å². The molecule has 7 heteroatoms. The number of amides is 3. The van der Waals surface area contributed by atoms with Crippen molar-refractivity contribution in [2.24, 2.45) is 0 Å². The molecule has 1 aliphatic rings. The standard InChI is InChI=1S/C32H38N4O3/c1-21-7-9-22(10-8-21)28-20-29(37)34-26-19-24(30(38)35(6)18-17-33-5)13-16-27(26)36(28)31(39)23-11-14-25(15-12-23)32(2,3)4/h7-16,19,28,33H,17-18,20H2,1-6H3,(H,34,37). The largest absolute Gasteiger partial charge is 0.340 e. The third kappa shape index (κ3) is 6.20.